The van der Waals surface area contributed by atoms with Gasteiger partial charge in [0.05, 0.1) is 0 Å². The largest absolute Gasteiger partial charge is 0.446 e. The van der Waals surface area contributed by atoms with E-state index in [-0.39, 0.29) is 0 Å². The number of benzene rings is 1. The summed E-state index contributed by atoms with van der Waals surface area (Å²) in [7, 11) is 0. The highest BCUT2D eigenvalue weighted by Gasteiger charge is 2.09. The van der Waals surface area contributed by atoms with Gasteiger partial charge in [0, 0.05) is 0 Å². The van der Waals surface area contributed by atoms with Gasteiger partial charge >= 0.3 is 6.92 Å². The lowest BCUT2D eigenvalue weighted by Gasteiger charge is -2.10. The Balaban J connectivity index is 0.000000873. The molecule has 0 aromatic heterocycles. The molecule has 0 aliphatic carbocycles. The van der Waals surface area contributed by atoms with Gasteiger partial charge in [0.25, 0.3) is 0 Å². The summed E-state index contributed by atoms with van der Waals surface area (Å²) < 4.78 is 5.41. The normalized spacial score (nSPS) is 10.4. The summed E-state index contributed by atoms with van der Waals surface area (Å²) in [6.45, 7) is 9.21. The third-order valence-corrected chi connectivity index (χ3v) is 2.21. The van der Waals surface area contributed by atoms with Crippen LogP contribution in [0.15, 0.2) is 30.2 Å². The molecule has 100 valence electrons. The molecule has 3 N–H and O–H groups in total. The third-order valence-electron chi connectivity index (χ3n) is 2.21. The van der Waals surface area contributed by atoms with Crippen LogP contribution in [0, 0.1) is 6.92 Å². The molecule has 0 bridgehead atoms. The van der Waals surface area contributed by atoms with Crippen LogP contribution in [0.1, 0.15) is 32.8 Å². The zero-order chi connectivity index (χ0) is 14.1. The minimum Gasteiger partial charge on any atom is -0.446 e. The summed E-state index contributed by atoms with van der Waals surface area (Å²) in [4.78, 5) is 0. The van der Waals surface area contributed by atoms with Crippen LogP contribution in [0.2, 0.25) is 6.82 Å². The molecule has 0 radical (unpaired) electrons. The van der Waals surface area contributed by atoms with Crippen LogP contribution in [-0.4, -0.2) is 11.9 Å². The molecule has 0 fully saturated rings. The first-order valence-electron chi connectivity index (χ1n) is 6.34. The van der Waals surface area contributed by atoms with Crippen molar-refractivity contribution in [3.63, 3.8) is 0 Å². The summed E-state index contributed by atoms with van der Waals surface area (Å²) in [6, 6.07) is 5.58. The zero-order valence-electron chi connectivity index (χ0n) is 12.0. The van der Waals surface area contributed by atoms with Crippen molar-refractivity contribution in [2.45, 2.75) is 40.9 Å². The van der Waals surface area contributed by atoms with Crippen molar-refractivity contribution in [2.75, 3.05) is 0 Å². The lowest BCUT2D eigenvalue weighted by molar-refractivity contribution is 0.416. The molecule has 3 nitrogen and oxygen atoms in total. The van der Waals surface area contributed by atoms with E-state index in [0.29, 0.717) is 11.6 Å². The topological polar surface area (TPSA) is 55.5 Å². The van der Waals surface area contributed by atoms with Gasteiger partial charge in [-0.3, -0.25) is 0 Å². The predicted octanol–water partition coefficient (Wildman–Crippen LogP) is 2.43. The maximum atomic E-state index is 9.43. The molecule has 0 amide bonds. The van der Waals surface area contributed by atoms with Crippen LogP contribution >= 0.6 is 0 Å². The van der Waals surface area contributed by atoms with Crippen molar-refractivity contribution in [1.29, 1.82) is 0 Å². The van der Waals surface area contributed by atoms with Gasteiger partial charge in [-0.05, 0) is 37.0 Å². The number of hydrogen-bond acceptors (Lipinski definition) is 3. The van der Waals surface area contributed by atoms with Crippen molar-refractivity contribution in [1.82, 2.24) is 0 Å². The fourth-order valence-corrected chi connectivity index (χ4v) is 1.17. The van der Waals surface area contributed by atoms with Gasteiger partial charge in [0.2, 0.25) is 0 Å². The quantitative estimate of drug-likeness (QED) is 0.639. The first-order valence-corrected chi connectivity index (χ1v) is 6.34. The first kappa shape index (κ1) is 16.6. The van der Waals surface area contributed by atoms with E-state index in [1.807, 2.05) is 26.0 Å². The first-order chi connectivity index (χ1) is 8.46. The molecular weight excluding hydrogens is 225 g/mol. The molecule has 1 rings (SSSR count). The molecule has 0 aliphatic heterocycles. The Bertz CT molecular complexity index is 389. The maximum Gasteiger partial charge on any atom is 0.320 e. The van der Waals surface area contributed by atoms with E-state index in [0.717, 1.165) is 11.0 Å². The van der Waals surface area contributed by atoms with E-state index in [1.54, 1.807) is 19.0 Å². The van der Waals surface area contributed by atoms with Crippen LogP contribution in [0.4, 0.5) is 0 Å². The predicted molar refractivity (Wildman–Crippen MR) is 79.2 cm³/mol. The number of aryl methyl sites for hydroxylation is 1. The molecule has 0 unspecified atom stereocenters. The zero-order valence-corrected chi connectivity index (χ0v) is 12.0. The van der Waals surface area contributed by atoms with Crippen LogP contribution in [-0.2, 0) is 0 Å². The van der Waals surface area contributed by atoms with Crippen molar-refractivity contribution < 1.29 is 9.76 Å². The molecule has 4 heteroatoms. The number of nitrogens with two attached hydrogens (primary N) is 1. The van der Waals surface area contributed by atoms with Gasteiger partial charge in [-0.1, -0.05) is 39.2 Å². The molecule has 18 heavy (non-hydrogen) atoms. The van der Waals surface area contributed by atoms with E-state index in [9.17, 15) is 5.02 Å². The second kappa shape index (κ2) is 8.64. The monoisotopic (exact) mass is 249 g/mol. The van der Waals surface area contributed by atoms with E-state index in [1.165, 1.54) is 6.42 Å². The van der Waals surface area contributed by atoms with Gasteiger partial charge < -0.3 is 15.5 Å². The summed E-state index contributed by atoms with van der Waals surface area (Å²) in [5.41, 5.74) is 7.39. The van der Waals surface area contributed by atoms with Gasteiger partial charge in [-0.25, -0.2) is 0 Å². The smallest absolute Gasteiger partial charge is 0.320 e. The van der Waals surface area contributed by atoms with Crippen LogP contribution < -0.4 is 15.9 Å². The van der Waals surface area contributed by atoms with Gasteiger partial charge in [0.1, 0.15) is 5.75 Å². The van der Waals surface area contributed by atoms with E-state index in [2.05, 4.69) is 13.8 Å². The number of rotatable bonds is 3. The van der Waals surface area contributed by atoms with Crippen LogP contribution in [0.3, 0.4) is 0 Å². The number of allylic oxidation sites excluding steroid dienone is 1. The summed E-state index contributed by atoms with van der Waals surface area (Å²) in [5.74, 6) is 1.05. The van der Waals surface area contributed by atoms with Crippen molar-refractivity contribution in [3.8, 4) is 5.75 Å². The average Bonchev–Trinajstić information content (AvgIpc) is 2.32. The second-order valence-electron chi connectivity index (χ2n) is 4.20. The van der Waals surface area contributed by atoms with E-state index < -0.39 is 6.92 Å². The summed E-state index contributed by atoms with van der Waals surface area (Å²) in [5, 5.41) is 9.43. The Labute approximate surface area is 111 Å². The fourth-order valence-electron chi connectivity index (χ4n) is 1.17. The van der Waals surface area contributed by atoms with Crippen molar-refractivity contribution in [3.05, 3.63) is 35.7 Å². The molecule has 0 spiro atoms. The van der Waals surface area contributed by atoms with Crippen molar-refractivity contribution >= 4 is 12.4 Å². The second-order valence-corrected chi connectivity index (χ2v) is 4.20. The minimum atomic E-state index is -0.500. The Morgan fingerprint density at radius 1 is 1.44 bits per heavy atom. The molecular formula is C14H24BNO2. The lowest BCUT2D eigenvalue weighted by atomic mass is 9.64. The molecule has 0 heterocycles. The highest BCUT2D eigenvalue weighted by Crippen LogP contribution is 2.17. The molecule has 0 aliphatic rings. The summed E-state index contributed by atoms with van der Waals surface area (Å²) in [6.07, 6.45) is 2.94. The Kier molecular flexibility index (Phi) is 7.96. The average molecular weight is 249 g/mol. The molecule has 0 saturated carbocycles. The molecule has 1 aromatic carbocycles. The number of ether oxygens (including phenoxy) is 1. The van der Waals surface area contributed by atoms with Crippen molar-refractivity contribution in [2.24, 2.45) is 5.73 Å². The van der Waals surface area contributed by atoms with Gasteiger partial charge in [0.15, 0.2) is 5.88 Å². The molecule has 1 aromatic rings. The fraction of sp³-hybridized carbons (Fsp3) is 0.429. The van der Waals surface area contributed by atoms with Crippen LogP contribution in [0.25, 0.3) is 0 Å². The lowest BCUT2D eigenvalue weighted by Crippen LogP contribution is -2.26. The SMILES string of the molecule is CC=C(N)Oc1cc(B(C)O)ccc1C.CCC. The van der Waals surface area contributed by atoms with E-state index in [4.69, 9.17) is 10.5 Å². The molecule has 0 atom stereocenters. The Morgan fingerprint density at radius 3 is 2.44 bits per heavy atom. The highest BCUT2D eigenvalue weighted by molar-refractivity contribution is 6.64. The minimum absolute atomic E-state index is 0.362. The third kappa shape index (κ3) is 5.78. The summed E-state index contributed by atoms with van der Waals surface area (Å²) >= 11 is 0. The van der Waals surface area contributed by atoms with Crippen LogP contribution in [0.5, 0.6) is 5.75 Å². The van der Waals surface area contributed by atoms with Gasteiger partial charge in [-0.15, -0.1) is 0 Å². The Hall–Kier alpha value is -1.42. The number of hydrogen-bond donors (Lipinski definition) is 2. The highest BCUT2D eigenvalue weighted by atomic mass is 16.5. The van der Waals surface area contributed by atoms with Gasteiger partial charge in [-0.2, -0.15) is 0 Å². The molecule has 0 saturated heterocycles. The van der Waals surface area contributed by atoms with E-state index >= 15 is 0 Å². The standard InChI is InChI=1S/C11H16BNO2.C3H8/c1-4-11(13)15-10-7-9(12(3)14)6-5-8(10)2;1-3-2/h4-7,14H,13H2,1-3H3;3H2,1-2H3. The Morgan fingerprint density at radius 2 is 2.00 bits per heavy atom. The maximum absolute atomic E-state index is 9.43.